The molecule has 0 spiro atoms. The van der Waals surface area contributed by atoms with Gasteiger partial charge in [-0.15, -0.1) is 10.2 Å². The normalized spacial score (nSPS) is 17.9. The highest BCUT2D eigenvalue weighted by Gasteiger charge is 2.46. The van der Waals surface area contributed by atoms with Crippen LogP contribution in [0.3, 0.4) is 0 Å². The van der Waals surface area contributed by atoms with Crippen molar-refractivity contribution < 1.29 is 14.3 Å². The predicted molar refractivity (Wildman–Crippen MR) is 99.8 cm³/mol. The second-order valence-electron chi connectivity index (χ2n) is 7.62. The Bertz CT molecular complexity index is 1060. The molecule has 2 aromatic carbocycles. The van der Waals surface area contributed by atoms with Crippen LogP contribution in [0.1, 0.15) is 42.6 Å². The van der Waals surface area contributed by atoms with Gasteiger partial charge in [0.25, 0.3) is 5.91 Å². The molecule has 1 saturated carbocycles. The highest BCUT2D eigenvalue weighted by atomic mass is 16.7. The zero-order chi connectivity index (χ0) is 19.4. The standard InChI is InChI=1S/C20H19N5O3/c1-19(2)27-15-7-6-13(11-16(15)28-19)18(26)21-20(8-9-20)14-5-3-4-12(10-14)17-22-24-25-23-17/h3-7,10-11H,8-9H2,1-2H3,(H,21,26)(H,22,23,24,25). The number of carbonyl (C=O) groups excluding carboxylic acids is 1. The summed E-state index contributed by atoms with van der Waals surface area (Å²) in [5.74, 6) is 0.906. The third kappa shape index (κ3) is 2.87. The van der Waals surface area contributed by atoms with Crippen LogP contribution in [-0.4, -0.2) is 32.3 Å². The third-order valence-corrected chi connectivity index (χ3v) is 5.04. The fraction of sp³-hybridized carbons (Fsp3) is 0.300. The number of carbonyl (C=O) groups is 1. The first-order valence-corrected chi connectivity index (χ1v) is 9.13. The molecule has 142 valence electrons. The minimum absolute atomic E-state index is 0.140. The smallest absolute Gasteiger partial charge is 0.252 e. The fourth-order valence-corrected chi connectivity index (χ4v) is 3.50. The van der Waals surface area contributed by atoms with Gasteiger partial charge in [0.05, 0.1) is 5.54 Å². The molecular weight excluding hydrogens is 358 g/mol. The first kappa shape index (κ1) is 16.7. The van der Waals surface area contributed by atoms with Crippen molar-refractivity contribution in [2.75, 3.05) is 0 Å². The van der Waals surface area contributed by atoms with Crippen molar-refractivity contribution in [3.63, 3.8) is 0 Å². The van der Waals surface area contributed by atoms with Crippen LogP contribution in [0.2, 0.25) is 0 Å². The first-order chi connectivity index (χ1) is 13.4. The molecule has 28 heavy (non-hydrogen) atoms. The Hall–Kier alpha value is -3.42. The summed E-state index contributed by atoms with van der Waals surface area (Å²) in [5, 5.41) is 17.3. The van der Waals surface area contributed by atoms with Gasteiger partial charge in [-0.25, -0.2) is 0 Å². The van der Waals surface area contributed by atoms with E-state index < -0.39 is 5.79 Å². The summed E-state index contributed by atoms with van der Waals surface area (Å²) in [7, 11) is 0. The van der Waals surface area contributed by atoms with Gasteiger partial charge in [0.15, 0.2) is 11.5 Å². The van der Waals surface area contributed by atoms with Gasteiger partial charge < -0.3 is 14.8 Å². The zero-order valence-electron chi connectivity index (χ0n) is 15.5. The molecular formula is C20H19N5O3. The number of nitrogens with one attached hydrogen (secondary N) is 2. The molecule has 1 aromatic heterocycles. The summed E-state index contributed by atoms with van der Waals surface area (Å²) in [4.78, 5) is 12.9. The monoisotopic (exact) mass is 377 g/mol. The van der Waals surface area contributed by atoms with Crippen molar-refractivity contribution in [1.29, 1.82) is 0 Å². The van der Waals surface area contributed by atoms with E-state index in [1.165, 1.54) is 0 Å². The lowest BCUT2D eigenvalue weighted by Gasteiger charge is -2.19. The fourth-order valence-electron chi connectivity index (χ4n) is 3.50. The Kier molecular flexibility index (Phi) is 3.46. The average molecular weight is 377 g/mol. The molecule has 8 heteroatoms. The third-order valence-electron chi connectivity index (χ3n) is 5.04. The molecule has 0 bridgehead atoms. The van der Waals surface area contributed by atoms with E-state index in [9.17, 15) is 4.79 Å². The molecule has 0 unspecified atom stereocenters. The summed E-state index contributed by atoms with van der Waals surface area (Å²) in [6.07, 6.45) is 1.76. The van der Waals surface area contributed by atoms with E-state index in [0.717, 1.165) is 24.0 Å². The van der Waals surface area contributed by atoms with E-state index in [-0.39, 0.29) is 11.4 Å². The van der Waals surface area contributed by atoms with Crippen LogP contribution >= 0.6 is 0 Å². The number of rotatable bonds is 4. The summed E-state index contributed by atoms with van der Waals surface area (Å²) < 4.78 is 11.4. The van der Waals surface area contributed by atoms with E-state index in [4.69, 9.17) is 9.47 Å². The SMILES string of the molecule is CC1(C)Oc2ccc(C(=O)NC3(c4cccc(-c5nn[nH]n5)c4)CC3)cc2O1. The molecule has 2 aliphatic rings. The number of ether oxygens (including phenoxy) is 2. The number of amides is 1. The van der Waals surface area contributed by atoms with Crippen molar-refractivity contribution in [1.82, 2.24) is 25.9 Å². The largest absolute Gasteiger partial charge is 0.449 e. The van der Waals surface area contributed by atoms with Crippen molar-refractivity contribution >= 4 is 5.91 Å². The Balaban J connectivity index is 1.38. The second-order valence-corrected chi connectivity index (χ2v) is 7.62. The second kappa shape index (κ2) is 5.79. The van der Waals surface area contributed by atoms with Crippen molar-refractivity contribution in [3.8, 4) is 22.9 Å². The van der Waals surface area contributed by atoms with E-state index in [0.29, 0.717) is 22.9 Å². The summed E-state index contributed by atoms with van der Waals surface area (Å²) in [5.41, 5.74) is 2.06. The highest BCUT2D eigenvalue weighted by Crippen LogP contribution is 2.46. The Morgan fingerprint density at radius 2 is 1.93 bits per heavy atom. The number of nitrogens with zero attached hydrogens (tertiary/aromatic N) is 3. The maximum absolute atomic E-state index is 12.9. The van der Waals surface area contributed by atoms with Crippen LogP contribution in [0, 0.1) is 0 Å². The summed E-state index contributed by atoms with van der Waals surface area (Å²) in [6.45, 7) is 3.67. The van der Waals surface area contributed by atoms with E-state index in [2.05, 4.69) is 25.9 Å². The Labute approximate surface area is 161 Å². The van der Waals surface area contributed by atoms with Gasteiger partial charge in [-0.2, -0.15) is 5.21 Å². The Morgan fingerprint density at radius 3 is 2.68 bits per heavy atom. The molecule has 1 aliphatic heterocycles. The van der Waals surface area contributed by atoms with Gasteiger partial charge in [-0.1, -0.05) is 18.2 Å². The van der Waals surface area contributed by atoms with Gasteiger partial charge in [0, 0.05) is 25.0 Å². The molecule has 1 amide bonds. The van der Waals surface area contributed by atoms with Crippen LogP contribution in [0.4, 0.5) is 0 Å². The van der Waals surface area contributed by atoms with E-state index in [1.807, 2.05) is 38.1 Å². The van der Waals surface area contributed by atoms with Gasteiger partial charge >= 0.3 is 0 Å². The van der Waals surface area contributed by atoms with Gasteiger partial charge in [0.1, 0.15) is 0 Å². The van der Waals surface area contributed by atoms with Crippen LogP contribution in [-0.2, 0) is 5.54 Å². The topological polar surface area (TPSA) is 102 Å². The van der Waals surface area contributed by atoms with Gasteiger partial charge in [0.2, 0.25) is 11.6 Å². The number of tetrazole rings is 1. The van der Waals surface area contributed by atoms with Crippen molar-refractivity contribution in [2.45, 2.75) is 38.0 Å². The predicted octanol–water partition coefficient (Wildman–Crippen LogP) is 2.79. The molecule has 3 aromatic rings. The highest BCUT2D eigenvalue weighted by molar-refractivity contribution is 5.95. The number of benzene rings is 2. The van der Waals surface area contributed by atoms with Gasteiger partial charge in [-0.3, -0.25) is 4.79 Å². The number of aromatic amines is 1. The lowest BCUT2D eigenvalue weighted by atomic mass is 10.0. The molecule has 5 rings (SSSR count). The lowest BCUT2D eigenvalue weighted by Crippen LogP contribution is -2.34. The molecule has 1 fully saturated rings. The number of fused-ring (bicyclic) bond motifs is 1. The maximum Gasteiger partial charge on any atom is 0.252 e. The van der Waals surface area contributed by atoms with Crippen molar-refractivity contribution in [2.24, 2.45) is 0 Å². The van der Waals surface area contributed by atoms with Crippen LogP contribution in [0.15, 0.2) is 42.5 Å². The van der Waals surface area contributed by atoms with Gasteiger partial charge in [-0.05, 0) is 47.9 Å². The Morgan fingerprint density at radius 1 is 1.11 bits per heavy atom. The molecule has 0 radical (unpaired) electrons. The van der Waals surface area contributed by atoms with E-state index >= 15 is 0 Å². The molecule has 0 saturated heterocycles. The number of hydrogen-bond donors (Lipinski definition) is 2. The summed E-state index contributed by atoms with van der Waals surface area (Å²) in [6, 6.07) is 13.1. The number of aromatic nitrogens is 4. The first-order valence-electron chi connectivity index (χ1n) is 9.13. The molecule has 0 atom stereocenters. The van der Waals surface area contributed by atoms with Crippen LogP contribution < -0.4 is 14.8 Å². The molecule has 8 nitrogen and oxygen atoms in total. The number of H-pyrrole nitrogens is 1. The quantitative estimate of drug-likeness (QED) is 0.725. The minimum atomic E-state index is -0.718. The molecule has 1 aliphatic carbocycles. The summed E-state index contributed by atoms with van der Waals surface area (Å²) >= 11 is 0. The lowest BCUT2D eigenvalue weighted by molar-refractivity contribution is -0.0431. The minimum Gasteiger partial charge on any atom is -0.449 e. The van der Waals surface area contributed by atoms with Crippen LogP contribution in [0.5, 0.6) is 11.5 Å². The molecule has 2 heterocycles. The van der Waals surface area contributed by atoms with Crippen molar-refractivity contribution in [3.05, 3.63) is 53.6 Å². The average Bonchev–Trinajstić information content (AvgIpc) is 3.12. The molecule has 2 N–H and O–H groups in total. The maximum atomic E-state index is 12.9. The zero-order valence-corrected chi connectivity index (χ0v) is 15.5. The van der Waals surface area contributed by atoms with E-state index in [1.54, 1.807) is 18.2 Å². The van der Waals surface area contributed by atoms with Crippen LogP contribution in [0.25, 0.3) is 11.4 Å². The number of hydrogen-bond acceptors (Lipinski definition) is 6.